The van der Waals surface area contributed by atoms with Crippen LogP contribution >= 0.6 is 0 Å². The Balaban J connectivity index is 1.48. The normalized spacial score (nSPS) is 19.6. The predicted molar refractivity (Wildman–Crippen MR) is 107 cm³/mol. The molecular formula is C23H24N2O2. The van der Waals surface area contributed by atoms with Gasteiger partial charge in [0.05, 0.1) is 5.57 Å². The number of hydrogen-bond acceptors (Lipinski definition) is 3. The first-order valence-corrected chi connectivity index (χ1v) is 9.88. The van der Waals surface area contributed by atoms with Crippen LogP contribution < -0.4 is 15.4 Å². The van der Waals surface area contributed by atoms with E-state index >= 15 is 0 Å². The SMILES string of the molecule is O=C(Nc1ccc2c(c1)CCC2)C1=CC2(CCNCC2)Oc2ccccc21. The van der Waals surface area contributed by atoms with Crippen LogP contribution in [0.2, 0.25) is 0 Å². The van der Waals surface area contributed by atoms with Crippen molar-refractivity contribution in [2.75, 3.05) is 18.4 Å². The first-order valence-electron chi connectivity index (χ1n) is 9.88. The molecule has 1 saturated heterocycles. The van der Waals surface area contributed by atoms with Gasteiger partial charge in [-0.25, -0.2) is 0 Å². The van der Waals surface area contributed by atoms with Gasteiger partial charge in [-0.3, -0.25) is 4.79 Å². The smallest absolute Gasteiger partial charge is 0.256 e. The van der Waals surface area contributed by atoms with Gasteiger partial charge in [0.25, 0.3) is 5.91 Å². The molecule has 2 aliphatic heterocycles. The van der Waals surface area contributed by atoms with Gasteiger partial charge in [-0.2, -0.15) is 0 Å². The lowest BCUT2D eigenvalue weighted by Gasteiger charge is -2.39. The highest BCUT2D eigenvalue weighted by atomic mass is 16.5. The minimum atomic E-state index is -0.385. The third kappa shape index (κ3) is 3.04. The number of carbonyl (C=O) groups excluding carboxylic acids is 1. The Labute approximate surface area is 159 Å². The molecule has 2 aromatic rings. The molecule has 1 spiro atoms. The van der Waals surface area contributed by atoms with Crippen molar-refractivity contribution in [3.8, 4) is 5.75 Å². The number of nitrogens with one attached hydrogen (secondary N) is 2. The molecule has 4 heteroatoms. The largest absolute Gasteiger partial charge is 0.482 e. The van der Waals surface area contributed by atoms with E-state index in [9.17, 15) is 4.79 Å². The summed E-state index contributed by atoms with van der Waals surface area (Å²) in [6.07, 6.45) is 7.26. The first-order chi connectivity index (χ1) is 13.2. The van der Waals surface area contributed by atoms with Crippen LogP contribution in [0, 0.1) is 0 Å². The fourth-order valence-corrected chi connectivity index (χ4v) is 4.50. The van der Waals surface area contributed by atoms with Crippen LogP contribution in [0.4, 0.5) is 5.69 Å². The van der Waals surface area contributed by atoms with E-state index < -0.39 is 0 Å². The van der Waals surface area contributed by atoms with E-state index in [0.29, 0.717) is 0 Å². The number of hydrogen-bond donors (Lipinski definition) is 2. The second kappa shape index (κ2) is 6.54. The summed E-state index contributed by atoms with van der Waals surface area (Å²) in [5.41, 5.74) is 4.87. The van der Waals surface area contributed by atoms with E-state index in [4.69, 9.17) is 4.74 Å². The van der Waals surface area contributed by atoms with Gasteiger partial charge in [-0.1, -0.05) is 24.3 Å². The van der Waals surface area contributed by atoms with E-state index in [0.717, 1.165) is 61.3 Å². The van der Waals surface area contributed by atoms with Crippen molar-refractivity contribution in [1.82, 2.24) is 5.32 Å². The number of amides is 1. The fourth-order valence-electron chi connectivity index (χ4n) is 4.50. The molecule has 2 N–H and O–H groups in total. The van der Waals surface area contributed by atoms with Gasteiger partial charge in [0.1, 0.15) is 11.4 Å². The molecule has 5 rings (SSSR count). The Kier molecular flexibility index (Phi) is 4.01. The maximum Gasteiger partial charge on any atom is 0.256 e. The van der Waals surface area contributed by atoms with Gasteiger partial charge in [-0.05, 0) is 67.8 Å². The van der Waals surface area contributed by atoms with Crippen molar-refractivity contribution in [2.24, 2.45) is 0 Å². The zero-order valence-electron chi connectivity index (χ0n) is 15.4. The highest BCUT2D eigenvalue weighted by Crippen LogP contribution is 2.40. The van der Waals surface area contributed by atoms with Gasteiger partial charge in [-0.15, -0.1) is 0 Å². The Bertz CT molecular complexity index is 926. The maximum absolute atomic E-state index is 13.2. The van der Waals surface area contributed by atoms with E-state index in [1.54, 1.807) is 0 Å². The average Bonchev–Trinajstić information content (AvgIpc) is 3.16. The molecule has 2 aromatic carbocycles. The Morgan fingerprint density at radius 1 is 1.04 bits per heavy atom. The van der Waals surface area contributed by atoms with Gasteiger partial charge in [0.2, 0.25) is 0 Å². The summed E-state index contributed by atoms with van der Waals surface area (Å²) in [7, 11) is 0. The molecule has 27 heavy (non-hydrogen) atoms. The zero-order valence-corrected chi connectivity index (χ0v) is 15.4. The van der Waals surface area contributed by atoms with Crippen LogP contribution in [0.5, 0.6) is 5.75 Å². The zero-order chi connectivity index (χ0) is 18.3. The number of benzene rings is 2. The molecule has 1 amide bonds. The number of para-hydroxylation sites is 1. The van der Waals surface area contributed by atoms with Crippen LogP contribution in [-0.2, 0) is 17.6 Å². The van der Waals surface area contributed by atoms with E-state index in [2.05, 4.69) is 28.8 Å². The van der Waals surface area contributed by atoms with Crippen LogP contribution in [0.15, 0.2) is 48.5 Å². The van der Waals surface area contributed by atoms with E-state index in [1.165, 1.54) is 17.5 Å². The second-order valence-electron chi connectivity index (χ2n) is 7.76. The topological polar surface area (TPSA) is 50.4 Å². The number of fused-ring (bicyclic) bond motifs is 2. The number of carbonyl (C=O) groups is 1. The molecule has 0 bridgehead atoms. The summed E-state index contributed by atoms with van der Waals surface area (Å²) >= 11 is 0. The van der Waals surface area contributed by atoms with Crippen LogP contribution in [-0.4, -0.2) is 24.6 Å². The van der Waals surface area contributed by atoms with Crippen molar-refractivity contribution in [2.45, 2.75) is 37.7 Å². The Morgan fingerprint density at radius 3 is 2.74 bits per heavy atom. The highest BCUT2D eigenvalue weighted by molar-refractivity contribution is 6.26. The molecule has 4 nitrogen and oxygen atoms in total. The lowest BCUT2D eigenvalue weighted by atomic mass is 9.85. The molecule has 0 unspecified atom stereocenters. The van der Waals surface area contributed by atoms with Crippen LogP contribution in [0.1, 0.15) is 36.0 Å². The Hall–Kier alpha value is -2.59. The minimum Gasteiger partial charge on any atom is -0.482 e. The molecule has 138 valence electrons. The van der Waals surface area contributed by atoms with Gasteiger partial charge >= 0.3 is 0 Å². The molecule has 0 aromatic heterocycles. The first kappa shape index (κ1) is 16.6. The van der Waals surface area contributed by atoms with Crippen molar-refractivity contribution in [3.63, 3.8) is 0 Å². The standard InChI is InChI=1S/C23H24N2O2/c26-22(25-18-9-8-16-4-3-5-17(16)14-18)20-15-23(10-12-24-13-11-23)27-21-7-2-1-6-19(20)21/h1-2,6-9,14-15,24H,3-5,10-13H2,(H,25,26). The lowest BCUT2D eigenvalue weighted by Crippen LogP contribution is -2.46. The molecule has 1 fully saturated rings. The number of rotatable bonds is 2. The monoisotopic (exact) mass is 360 g/mol. The summed E-state index contributed by atoms with van der Waals surface area (Å²) in [5, 5.41) is 6.50. The number of piperidine rings is 1. The Morgan fingerprint density at radius 2 is 1.85 bits per heavy atom. The summed E-state index contributed by atoms with van der Waals surface area (Å²) in [4.78, 5) is 13.2. The molecule has 1 aliphatic carbocycles. The van der Waals surface area contributed by atoms with Crippen LogP contribution in [0.3, 0.4) is 0 Å². The summed E-state index contributed by atoms with van der Waals surface area (Å²) in [6.45, 7) is 1.80. The van der Waals surface area contributed by atoms with Gasteiger partial charge < -0.3 is 15.4 Å². The van der Waals surface area contributed by atoms with E-state index in [-0.39, 0.29) is 11.5 Å². The van der Waals surface area contributed by atoms with Crippen molar-refractivity contribution in [3.05, 3.63) is 65.2 Å². The molecule has 0 saturated carbocycles. The quantitative estimate of drug-likeness (QED) is 0.858. The summed E-state index contributed by atoms with van der Waals surface area (Å²) in [6, 6.07) is 14.2. The molecule has 0 atom stereocenters. The average molecular weight is 360 g/mol. The summed E-state index contributed by atoms with van der Waals surface area (Å²) < 4.78 is 6.36. The van der Waals surface area contributed by atoms with E-state index in [1.807, 2.05) is 30.3 Å². The second-order valence-corrected chi connectivity index (χ2v) is 7.76. The van der Waals surface area contributed by atoms with Crippen molar-refractivity contribution in [1.29, 1.82) is 0 Å². The predicted octanol–water partition coefficient (Wildman–Crippen LogP) is 3.71. The number of aryl methyl sites for hydroxylation is 2. The minimum absolute atomic E-state index is 0.0541. The third-order valence-electron chi connectivity index (χ3n) is 5.95. The van der Waals surface area contributed by atoms with Crippen molar-refractivity contribution >= 4 is 17.2 Å². The highest BCUT2D eigenvalue weighted by Gasteiger charge is 2.38. The molecule has 3 aliphatic rings. The lowest BCUT2D eigenvalue weighted by molar-refractivity contribution is -0.111. The number of anilines is 1. The van der Waals surface area contributed by atoms with Gasteiger partial charge in [0, 0.05) is 24.1 Å². The number of ether oxygens (including phenoxy) is 1. The van der Waals surface area contributed by atoms with Gasteiger partial charge in [0.15, 0.2) is 0 Å². The molecule has 2 heterocycles. The molecular weight excluding hydrogens is 336 g/mol. The van der Waals surface area contributed by atoms with Crippen molar-refractivity contribution < 1.29 is 9.53 Å². The molecule has 0 radical (unpaired) electrons. The van der Waals surface area contributed by atoms with Crippen LogP contribution in [0.25, 0.3) is 5.57 Å². The summed E-state index contributed by atoms with van der Waals surface area (Å²) in [5.74, 6) is 0.752. The third-order valence-corrected chi connectivity index (χ3v) is 5.95. The maximum atomic E-state index is 13.2. The fraction of sp³-hybridized carbons (Fsp3) is 0.348.